The van der Waals surface area contributed by atoms with Gasteiger partial charge in [0.05, 0.1) is 26.9 Å². The number of likely N-dealkylation sites (tertiary alicyclic amines) is 1. The van der Waals surface area contributed by atoms with Crippen molar-refractivity contribution in [3.63, 3.8) is 0 Å². The Morgan fingerprint density at radius 3 is 2.52 bits per heavy atom. The molecule has 2 aromatic rings. The van der Waals surface area contributed by atoms with E-state index in [4.69, 9.17) is 24.7 Å². The van der Waals surface area contributed by atoms with Crippen LogP contribution in [-0.4, -0.2) is 44.6 Å². The number of carbonyl (C=O) groups is 2. The zero-order chi connectivity index (χ0) is 22.1. The molecular weight excluding hydrogens is 400 g/mol. The first-order chi connectivity index (χ1) is 15.0. The maximum absolute atomic E-state index is 13.2. The monoisotopic (exact) mass is 424 g/mol. The minimum absolute atomic E-state index is 0.0272. The van der Waals surface area contributed by atoms with Crippen LogP contribution in [0.3, 0.4) is 0 Å². The fraction of sp³-hybridized carbons (Fsp3) is 0.304. The Balaban J connectivity index is 1.55. The largest absolute Gasteiger partial charge is 0.497 e. The quantitative estimate of drug-likeness (QED) is 0.711. The van der Waals surface area contributed by atoms with Gasteiger partial charge in [-0.1, -0.05) is 12.1 Å². The number of piperidine rings is 1. The van der Waals surface area contributed by atoms with E-state index in [2.05, 4.69) is 0 Å². The maximum Gasteiger partial charge on any atom is 0.262 e. The van der Waals surface area contributed by atoms with Crippen molar-refractivity contribution in [1.29, 1.82) is 0 Å². The number of carbonyl (C=O) groups excluding carboxylic acids is 2. The van der Waals surface area contributed by atoms with Crippen molar-refractivity contribution in [3.8, 4) is 23.0 Å². The second-order valence-corrected chi connectivity index (χ2v) is 7.33. The lowest BCUT2D eigenvalue weighted by molar-refractivity contribution is -0.145. The molecule has 8 nitrogen and oxygen atoms in total. The molecule has 0 aromatic heterocycles. The summed E-state index contributed by atoms with van der Waals surface area (Å²) in [5.41, 5.74) is 8.09. The van der Waals surface area contributed by atoms with Crippen molar-refractivity contribution in [2.75, 3.05) is 27.9 Å². The molecule has 0 saturated carbocycles. The van der Waals surface area contributed by atoms with E-state index in [1.807, 2.05) is 18.2 Å². The summed E-state index contributed by atoms with van der Waals surface area (Å²) < 4.78 is 21.5. The number of methoxy groups -OCH3 is 3. The van der Waals surface area contributed by atoms with Gasteiger partial charge >= 0.3 is 0 Å². The lowest BCUT2D eigenvalue weighted by Gasteiger charge is -2.36. The summed E-state index contributed by atoms with van der Waals surface area (Å²) in [6.45, 7) is 0.228. The van der Waals surface area contributed by atoms with Crippen LogP contribution in [0.25, 0.3) is 0 Å². The van der Waals surface area contributed by atoms with Crippen molar-refractivity contribution in [2.45, 2.75) is 18.8 Å². The molecule has 31 heavy (non-hydrogen) atoms. The van der Waals surface area contributed by atoms with Gasteiger partial charge in [0.25, 0.3) is 5.91 Å². The lowest BCUT2D eigenvalue weighted by Crippen LogP contribution is -2.47. The molecule has 4 rings (SSSR count). The van der Waals surface area contributed by atoms with E-state index in [1.165, 1.54) is 4.90 Å². The number of hydrogen-bond donors (Lipinski definition) is 1. The zero-order valence-electron chi connectivity index (χ0n) is 17.6. The van der Waals surface area contributed by atoms with Crippen molar-refractivity contribution in [2.24, 2.45) is 5.73 Å². The summed E-state index contributed by atoms with van der Waals surface area (Å²) in [5, 5.41) is 0. The molecule has 2 heterocycles. The number of rotatable bonds is 6. The lowest BCUT2D eigenvalue weighted by atomic mass is 9.82. The van der Waals surface area contributed by atoms with Crippen LogP contribution in [0.5, 0.6) is 23.0 Å². The highest BCUT2D eigenvalue weighted by atomic mass is 16.5. The minimum atomic E-state index is -0.424. The summed E-state index contributed by atoms with van der Waals surface area (Å²) in [7, 11) is 4.68. The third-order valence-electron chi connectivity index (χ3n) is 5.66. The second kappa shape index (κ2) is 8.22. The predicted octanol–water partition coefficient (Wildman–Crippen LogP) is 2.36. The van der Waals surface area contributed by atoms with E-state index in [-0.39, 0.29) is 24.8 Å². The fourth-order valence-electron chi connectivity index (χ4n) is 4.03. The molecule has 1 unspecified atom stereocenters. The Morgan fingerprint density at radius 1 is 1.03 bits per heavy atom. The molecule has 0 radical (unpaired) electrons. The van der Waals surface area contributed by atoms with E-state index >= 15 is 0 Å². The molecule has 2 aliphatic rings. The molecule has 2 N–H and O–H groups in total. The van der Waals surface area contributed by atoms with Crippen LogP contribution in [0, 0.1) is 0 Å². The first-order valence-electron chi connectivity index (χ1n) is 9.87. The molecule has 162 valence electrons. The summed E-state index contributed by atoms with van der Waals surface area (Å²) in [6, 6.07) is 10.8. The summed E-state index contributed by atoms with van der Waals surface area (Å²) in [6.07, 6.45) is 0.626. The fourth-order valence-corrected chi connectivity index (χ4v) is 4.03. The topological polar surface area (TPSA) is 100 Å². The summed E-state index contributed by atoms with van der Waals surface area (Å²) in [5.74, 6) is 1.27. The standard InChI is InChI=1S/C23H24N2O6/c1-28-14-5-6-15-16-12-20(26)25(23(27)21(16)22(24)31-18(15)11-14)9-8-13-4-7-17(29-2)19(10-13)30-3/h4-7,10-11,16H,8-9,12,24H2,1-3H3. The SMILES string of the molecule is COc1ccc2c(c1)OC(N)=C1C(=O)N(CCc3ccc(OC)c(OC)c3)C(=O)CC12. The Bertz CT molecular complexity index is 1080. The number of nitrogens with two attached hydrogens (primary N) is 1. The molecule has 2 aromatic carbocycles. The minimum Gasteiger partial charge on any atom is -0.497 e. The molecule has 1 fully saturated rings. The molecule has 2 amide bonds. The highest BCUT2D eigenvalue weighted by molar-refractivity contribution is 6.09. The number of fused-ring (bicyclic) bond motifs is 3. The third-order valence-corrected chi connectivity index (χ3v) is 5.66. The Hall–Kier alpha value is -3.68. The van der Waals surface area contributed by atoms with Crippen LogP contribution in [-0.2, 0) is 16.0 Å². The smallest absolute Gasteiger partial charge is 0.262 e. The number of amides is 2. The van der Waals surface area contributed by atoms with Gasteiger partial charge in [-0.05, 0) is 30.2 Å². The van der Waals surface area contributed by atoms with Gasteiger partial charge in [0.1, 0.15) is 11.5 Å². The van der Waals surface area contributed by atoms with Crippen LogP contribution in [0.2, 0.25) is 0 Å². The number of nitrogens with zero attached hydrogens (tertiary/aromatic N) is 1. The molecule has 8 heteroatoms. The predicted molar refractivity (Wildman–Crippen MR) is 112 cm³/mol. The summed E-state index contributed by atoms with van der Waals surface area (Å²) >= 11 is 0. The van der Waals surface area contributed by atoms with Gasteiger partial charge in [-0.2, -0.15) is 0 Å². The molecule has 0 bridgehead atoms. The Morgan fingerprint density at radius 2 is 1.81 bits per heavy atom. The average Bonchev–Trinajstić information content (AvgIpc) is 2.77. The van der Waals surface area contributed by atoms with E-state index in [9.17, 15) is 9.59 Å². The van der Waals surface area contributed by atoms with Crippen LogP contribution in [0.4, 0.5) is 0 Å². The van der Waals surface area contributed by atoms with Crippen LogP contribution in [0.1, 0.15) is 23.5 Å². The molecular formula is C23H24N2O6. The van der Waals surface area contributed by atoms with E-state index in [0.29, 0.717) is 35.0 Å². The molecule has 1 atom stereocenters. The summed E-state index contributed by atoms with van der Waals surface area (Å²) in [4.78, 5) is 27.3. The van der Waals surface area contributed by atoms with Gasteiger partial charge in [0.2, 0.25) is 5.91 Å². The average molecular weight is 424 g/mol. The van der Waals surface area contributed by atoms with E-state index < -0.39 is 11.8 Å². The Kier molecular flexibility index (Phi) is 5.46. The van der Waals surface area contributed by atoms with Gasteiger partial charge in [0.15, 0.2) is 17.4 Å². The van der Waals surface area contributed by atoms with E-state index in [0.717, 1.165) is 11.1 Å². The molecule has 2 aliphatic heterocycles. The van der Waals surface area contributed by atoms with Gasteiger partial charge in [-0.3, -0.25) is 14.5 Å². The first kappa shape index (κ1) is 20.6. The Labute approximate surface area is 180 Å². The van der Waals surface area contributed by atoms with Crippen molar-refractivity contribution >= 4 is 11.8 Å². The van der Waals surface area contributed by atoms with Gasteiger partial charge in [-0.25, -0.2) is 0 Å². The van der Waals surface area contributed by atoms with Gasteiger partial charge in [-0.15, -0.1) is 0 Å². The zero-order valence-corrected chi connectivity index (χ0v) is 17.6. The highest BCUT2D eigenvalue weighted by Crippen LogP contribution is 2.44. The first-order valence-corrected chi connectivity index (χ1v) is 9.87. The molecule has 0 aliphatic carbocycles. The molecule has 0 spiro atoms. The highest BCUT2D eigenvalue weighted by Gasteiger charge is 2.43. The maximum atomic E-state index is 13.2. The van der Waals surface area contributed by atoms with E-state index in [1.54, 1.807) is 39.5 Å². The van der Waals surface area contributed by atoms with Crippen LogP contribution < -0.4 is 24.7 Å². The van der Waals surface area contributed by atoms with Crippen LogP contribution >= 0.6 is 0 Å². The van der Waals surface area contributed by atoms with Crippen molar-refractivity contribution < 1.29 is 28.5 Å². The van der Waals surface area contributed by atoms with Crippen molar-refractivity contribution in [3.05, 3.63) is 59.0 Å². The van der Waals surface area contributed by atoms with Crippen LogP contribution in [0.15, 0.2) is 47.9 Å². The number of hydrogen-bond acceptors (Lipinski definition) is 7. The van der Waals surface area contributed by atoms with Gasteiger partial charge in [0, 0.05) is 30.5 Å². The number of ether oxygens (including phenoxy) is 4. The number of imide groups is 1. The normalized spacial score (nSPS) is 17.6. The second-order valence-electron chi connectivity index (χ2n) is 7.33. The number of benzene rings is 2. The molecule has 1 saturated heterocycles. The van der Waals surface area contributed by atoms with Crippen molar-refractivity contribution in [1.82, 2.24) is 4.90 Å². The van der Waals surface area contributed by atoms with Gasteiger partial charge < -0.3 is 24.7 Å². The third kappa shape index (κ3) is 3.65.